The van der Waals surface area contributed by atoms with E-state index in [9.17, 15) is 0 Å². The van der Waals surface area contributed by atoms with Gasteiger partial charge in [-0.1, -0.05) is 115 Å². The minimum Gasteiger partial charge on any atom is -0.339 e. The number of rotatable bonds is 3. The molecule has 9 aromatic rings. The van der Waals surface area contributed by atoms with Gasteiger partial charge in [-0.15, -0.1) is 0 Å². The number of H-pyrrole nitrogens is 1. The van der Waals surface area contributed by atoms with Gasteiger partial charge in [0.25, 0.3) is 0 Å². The molecule has 7 aromatic carbocycles. The monoisotopic (exact) mass is 637 g/mol. The first-order chi connectivity index (χ1) is 24.8. The van der Waals surface area contributed by atoms with Crippen LogP contribution in [0.1, 0.15) is 0 Å². The van der Waals surface area contributed by atoms with Crippen molar-refractivity contribution in [1.82, 2.24) is 24.5 Å². The van der Waals surface area contributed by atoms with Crippen LogP contribution < -0.4 is 0 Å². The topological polar surface area (TPSA) is 59.4 Å². The average molecular weight is 638 g/mol. The molecule has 5 nitrogen and oxygen atoms in total. The van der Waals surface area contributed by atoms with E-state index in [1.807, 2.05) is 18.2 Å². The zero-order chi connectivity index (χ0) is 32.8. The lowest BCUT2D eigenvalue weighted by molar-refractivity contribution is 1.01. The van der Waals surface area contributed by atoms with E-state index >= 15 is 0 Å². The number of aromatic nitrogens is 5. The Bertz CT molecular complexity index is 3100. The molecule has 232 valence electrons. The molecule has 11 rings (SSSR count). The summed E-state index contributed by atoms with van der Waals surface area (Å²) in [6.45, 7) is 0. The van der Waals surface area contributed by atoms with Crippen LogP contribution >= 0.6 is 0 Å². The highest BCUT2D eigenvalue weighted by molar-refractivity contribution is 6.22. The van der Waals surface area contributed by atoms with Crippen LogP contribution in [0.2, 0.25) is 0 Å². The minimum absolute atomic E-state index is 0.656. The quantitative estimate of drug-likeness (QED) is 0.210. The molecule has 5 heteroatoms. The van der Waals surface area contributed by atoms with Crippen molar-refractivity contribution >= 4 is 65.3 Å². The molecule has 0 radical (unpaired) electrons. The van der Waals surface area contributed by atoms with Crippen molar-refractivity contribution in [3.63, 3.8) is 0 Å². The summed E-state index contributed by atoms with van der Waals surface area (Å²) in [4.78, 5) is 19.0. The van der Waals surface area contributed by atoms with Gasteiger partial charge in [0.2, 0.25) is 5.95 Å². The summed E-state index contributed by atoms with van der Waals surface area (Å²) < 4.78 is 2.24. The van der Waals surface area contributed by atoms with Crippen molar-refractivity contribution in [2.45, 2.75) is 0 Å². The summed E-state index contributed by atoms with van der Waals surface area (Å²) in [6.07, 6.45) is 0. The van der Waals surface area contributed by atoms with Gasteiger partial charge in [-0.25, -0.2) is 15.0 Å². The van der Waals surface area contributed by atoms with Crippen molar-refractivity contribution in [1.29, 1.82) is 0 Å². The first kappa shape index (κ1) is 27.1. The minimum atomic E-state index is 0.656. The van der Waals surface area contributed by atoms with E-state index in [0.29, 0.717) is 5.95 Å². The molecule has 0 saturated heterocycles. The van der Waals surface area contributed by atoms with Crippen LogP contribution in [-0.4, -0.2) is 24.5 Å². The Morgan fingerprint density at radius 3 is 2.06 bits per heavy atom. The van der Waals surface area contributed by atoms with E-state index in [-0.39, 0.29) is 0 Å². The van der Waals surface area contributed by atoms with Gasteiger partial charge in [0.05, 0.1) is 27.8 Å². The third-order valence-corrected chi connectivity index (χ3v) is 10.1. The number of nitrogens with zero attached hydrogens (tertiary/aromatic N) is 4. The zero-order valence-electron chi connectivity index (χ0n) is 26.8. The maximum absolute atomic E-state index is 5.31. The summed E-state index contributed by atoms with van der Waals surface area (Å²) >= 11 is 0. The maximum Gasteiger partial charge on any atom is 0.235 e. The summed E-state index contributed by atoms with van der Waals surface area (Å²) in [5.41, 5.74) is 10.6. The molecule has 0 bridgehead atoms. The van der Waals surface area contributed by atoms with E-state index in [4.69, 9.17) is 15.0 Å². The molecule has 2 aliphatic heterocycles. The van der Waals surface area contributed by atoms with Gasteiger partial charge < -0.3 is 4.98 Å². The smallest absolute Gasteiger partial charge is 0.235 e. The molecule has 1 N–H and O–H groups in total. The second kappa shape index (κ2) is 10.3. The lowest BCUT2D eigenvalue weighted by atomic mass is 9.96. The number of pyridine rings is 1. The normalized spacial score (nSPS) is 12.0. The molecule has 2 aromatic heterocycles. The number of para-hydroxylation sites is 2. The number of fused-ring (bicyclic) bond motifs is 10. The standard InChI is InChI=1S/C45H27N5/c1-2-12-28(13-3-1)43-33-16-7-9-19-38(33)48-45(49-43)50-40-23-22-29(25-36(40)42-31-14-5-4-11-27(31)21-24-41(42)50)30-17-10-20-39-34(30)26-35-32-15-6-8-18-37(32)46-44(35)47-39/h1-26H,(H,46,47). The molecule has 0 saturated carbocycles. The van der Waals surface area contributed by atoms with Gasteiger partial charge in [0.1, 0.15) is 5.82 Å². The summed E-state index contributed by atoms with van der Waals surface area (Å²) in [7, 11) is 0. The van der Waals surface area contributed by atoms with Crippen molar-refractivity contribution < 1.29 is 0 Å². The molecular formula is C45H27N5. The van der Waals surface area contributed by atoms with Crippen LogP contribution in [0.25, 0.3) is 105 Å². The van der Waals surface area contributed by atoms with Gasteiger partial charge in [-0.3, -0.25) is 4.57 Å². The lowest BCUT2D eigenvalue weighted by Gasteiger charge is -2.12. The predicted octanol–water partition coefficient (Wildman–Crippen LogP) is 11.3. The maximum atomic E-state index is 5.31. The molecule has 0 spiro atoms. The van der Waals surface area contributed by atoms with Crippen LogP contribution in [-0.2, 0) is 0 Å². The SMILES string of the molecule is c1ccc(-c2nc(-n3c4ccc(-c5cccc6[nH]c7nc8ccccc8c-7cc56)cc4c4c5ccccc5ccc43)nc3ccccc23)cc1. The number of benzene rings is 7. The van der Waals surface area contributed by atoms with Crippen LogP contribution in [0.4, 0.5) is 0 Å². The highest BCUT2D eigenvalue weighted by atomic mass is 15.2. The third kappa shape index (κ3) is 3.92. The molecule has 0 unspecified atom stereocenters. The van der Waals surface area contributed by atoms with E-state index in [0.717, 1.165) is 77.3 Å². The molecular weight excluding hydrogens is 611 g/mol. The molecule has 0 fully saturated rings. The summed E-state index contributed by atoms with van der Waals surface area (Å²) in [5.74, 6) is 1.56. The summed E-state index contributed by atoms with van der Waals surface area (Å²) in [6, 6.07) is 55.7. The van der Waals surface area contributed by atoms with Gasteiger partial charge in [-0.2, -0.15) is 0 Å². The Hall–Kier alpha value is -6.85. The highest BCUT2D eigenvalue weighted by Gasteiger charge is 2.20. The molecule has 4 heterocycles. The first-order valence-corrected chi connectivity index (χ1v) is 16.9. The van der Waals surface area contributed by atoms with E-state index < -0.39 is 0 Å². The molecule has 0 aliphatic carbocycles. The predicted molar refractivity (Wildman–Crippen MR) is 206 cm³/mol. The third-order valence-electron chi connectivity index (χ3n) is 10.1. The summed E-state index contributed by atoms with van der Waals surface area (Å²) in [5, 5.41) is 8.12. The molecule has 0 atom stereocenters. The van der Waals surface area contributed by atoms with Gasteiger partial charge in [0.15, 0.2) is 0 Å². The van der Waals surface area contributed by atoms with Gasteiger partial charge in [0, 0.05) is 43.6 Å². The van der Waals surface area contributed by atoms with Crippen molar-refractivity contribution in [2.24, 2.45) is 0 Å². The number of hydrogen-bond donors (Lipinski definition) is 1. The van der Waals surface area contributed by atoms with Crippen molar-refractivity contribution in [2.75, 3.05) is 0 Å². The molecule has 2 aliphatic rings. The fourth-order valence-corrected chi connectivity index (χ4v) is 7.86. The van der Waals surface area contributed by atoms with Crippen LogP contribution in [0.5, 0.6) is 0 Å². The first-order valence-electron chi connectivity index (χ1n) is 16.9. The van der Waals surface area contributed by atoms with Gasteiger partial charge in [-0.05, 0) is 64.4 Å². The van der Waals surface area contributed by atoms with Gasteiger partial charge >= 0.3 is 0 Å². The number of aromatic amines is 1. The number of nitrogens with one attached hydrogen (secondary N) is 1. The average Bonchev–Trinajstić information content (AvgIpc) is 3.71. The van der Waals surface area contributed by atoms with Crippen molar-refractivity contribution in [3.8, 4) is 39.7 Å². The Balaban J connectivity index is 1.21. The number of hydrogen-bond acceptors (Lipinski definition) is 3. The van der Waals surface area contributed by atoms with E-state index in [1.54, 1.807) is 0 Å². The van der Waals surface area contributed by atoms with Crippen LogP contribution in [0.15, 0.2) is 158 Å². The molecule has 50 heavy (non-hydrogen) atoms. The second-order valence-electron chi connectivity index (χ2n) is 12.9. The molecule has 0 amide bonds. The Morgan fingerprint density at radius 1 is 0.440 bits per heavy atom. The van der Waals surface area contributed by atoms with Crippen LogP contribution in [0, 0.1) is 0 Å². The van der Waals surface area contributed by atoms with Crippen molar-refractivity contribution in [3.05, 3.63) is 158 Å². The zero-order valence-corrected chi connectivity index (χ0v) is 26.8. The van der Waals surface area contributed by atoms with Crippen LogP contribution in [0.3, 0.4) is 0 Å². The highest BCUT2D eigenvalue weighted by Crippen LogP contribution is 2.41. The lowest BCUT2D eigenvalue weighted by Crippen LogP contribution is -2.03. The Labute approximate surface area is 286 Å². The van der Waals surface area contributed by atoms with E-state index in [1.165, 1.54) is 21.7 Å². The second-order valence-corrected chi connectivity index (χ2v) is 12.9. The van der Waals surface area contributed by atoms with E-state index in [2.05, 4.69) is 149 Å². The fraction of sp³-hybridized carbons (Fsp3) is 0. The fourth-order valence-electron chi connectivity index (χ4n) is 7.86. The largest absolute Gasteiger partial charge is 0.339 e. The Morgan fingerprint density at radius 2 is 1.18 bits per heavy atom. The Kier molecular flexibility index (Phi) is 5.60.